The predicted molar refractivity (Wildman–Crippen MR) is 81.1 cm³/mol. The molecule has 3 heterocycles. The molecule has 21 heavy (non-hydrogen) atoms. The number of hydrogen-bond donors (Lipinski definition) is 0. The molecule has 114 valence electrons. The first-order valence-corrected chi connectivity index (χ1v) is 8.31. The van der Waals surface area contributed by atoms with Crippen LogP contribution in [0.5, 0.6) is 0 Å². The Morgan fingerprint density at radius 2 is 2.43 bits per heavy atom. The molecular weight excluding hydrogens is 286 g/mol. The van der Waals surface area contributed by atoms with Gasteiger partial charge < -0.3 is 4.74 Å². The lowest BCUT2D eigenvalue weighted by Crippen LogP contribution is -2.43. The molecule has 0 aliphatic carbocycles. The number of aromatic nitrogens is 4. The topological polar surface area (TPSA) is 56.1 Å². The molecule has 1 fully saturated rings. The van der Waals surface area contributed by atoms with Crippen molar-refractivity contribution in [1.82, 2.24) is 24.6 Å². The second-order valence-electron chi connectivity index (χ2n) is 5.33. The van der Waals surface area contributed by atoms with Crippen molar-refractivity contribution in [2.75, 3.05) is 19.7 Å². The average Bonchev–Trinajstić information content (AvgIpc) is 3.12. The molecule has 0 bridgehead atoms. The Bertz CT molecular complexity index is 541. The molecule has 1 aliphatic heterocycles. The number of morpholine rings is 1. The van der Waals surface area contributed by atoms with Crippen molar-refractivity contribution in [2.24, 2.45) is 0 Å². The second kappa shape index (κ2) is 7.11. The average molecular weight is 307 g/mol. The summed E-state index contributed by atoms with van der Waals surface area (Å²) in [5, 5.41) is 7.58. The maximum Gasteiger partial charge on any atom is 0.137 e. The summed E-state index contributed by atoms with van der Waals surface area (Å²) in [7, 11) is 0. The molecule has 2 aromatic heterocycles. The Labute approximate surface area is 128 Å². The Morgan fingerprint density at radius 1 is 1.48 bits per heavy atom. The van der Waals surface area contributed by atoms with Crippen molar-refractivity contribution in [3.63, 3.8) is 0 Å². The van der Waals surface area contributed by atoms with Crippen LogP contribution in [0.15, 0.2) is 18.0 Å². The molecular formula is C14H21N5OS. The van der Waals surface area contributed by atoms with Gasteiger partial charge in [0.2, 0.25) is 0 Å². The SMILES string of the molecule is CCCc1nc(CN2CCO[C@H](Cn3cncn3)C2)cs1. The second-order valence-corrected chi connectivity index (χ2v) is 6.27. The number of rotatable bonds is 6. The minimum absolute atomic E-state index is 0.175. The van der Waals surface area contributed by atoms with E-state index >= 15 is 0 Å². The number of thiazole rings is 1. The van der Waals surface area contributed by atoms with Crippen LogP contribution in [-0.2, 0) is 24.2 Å². The Morgan fingerprint density at radius 3 is 3.24 bits per heavy atom. The fourth-order valence-corrected chi connectivity index (χ4v) is 3.44. The number of aryl methyl sites for hydroxylation is 1. The summed E-state index contributed by atoms with van der Waals surface area (Å²) in [6, 6.07) is 0. The van der Waals surface area contributed by atoms with Gasteiger partial charge in [-0.3, -0.25) is 9.58 Å². The quantitative estimate of drug-likeness (QED) is 0.811. The van der Waals surface area contributed by atoms with Gasteiger partial charge in [-0.05, 0) is 12.8 Å². The van der Waals surface area contributed by atoms with Crippen molar-refractivity contribution in [3.8, 4) is 0 Å². The number of ether oxygens (including phenoxy) is 1. The molecule has 0 N–H and O–H groups in total. The third-order valence-electron chi connectivity index (χ3n) is 3.53. The van der Waals surface area contributed by atoms with Gasteiger partial charge in [-0.2, -0.15) is 5.10 Å². The summed E-state index contributed by atoms with van der Waals surface area (Å²) in [5.41, 5.74) is 1.19. The highest BCUT2D eigenvalue weighted by atomic mass is 32.1. The summed E-state index contributed by atoms with van der Waals surface area (Å²) in [5.74, 6) is 0. The van der Waals surface area contributed by atoms with Gasteiger partial charge in [0.25, 0.3) is 0 Å². The minimum atomic E-state index is 0.175. The van der Waals surface area contributed by atoms with E-state index in [4.69, 9.17) is 9.72 Å². The molecule has 1 atom stereocenters. The summed E-state index contributed by atoms with van der Waals surface area (Å²) in [6.07, 6.45) is 5.71. The first-order valence-electron chi connectivity index (χ1n) is 7.43. The van der Waals surface area contributed by atoms with Crippen LogP contribution in [0.4, 0.5) is 0 Å². The van der Waals surface area contributed by atoms with Gasteiger partial charge in [0.15, 0.2) is 0 Å². The normalized spacial score (nSPS) is 20.0. The molecule has 0 spiro atoms. The largest absolute Gasteiger partial charge is 0.374 e. The maximum absolute atomic E-state index is 5.81. The Hall–Kier alpha value is -1.31. The van der Waals surface area contributed by atoms with E-state index in [1.165, 1.54) is 10.7 Å². The Kier molecular flexibility index (Phi) is 4.95. The molecule has 7 heteroatoms. The molecule has 0 unspecified atom stereocenters. The van der Waals surface area contributed by atoms with Gasteiger partial charge in [0.1, 0.15) is 12.7 Å². The summed E-state index contributed by atoms with van der Waals surface area (Å²) < 4.78 is 7.64. The fraction of sp³-hybridized carbons (Fsp3) is 0.643. The lowest BCUT2D eigenvalue weighted by molar-refractivity contribution is -0.0405. The summed E-state index contributed by atoms with van der Waals surface area (Å²) >= 11 is 1.78. The van der Waals surface area contributed by atoms with Crippen molar-refractivity contribution >= 4 is 11.3 Å². The van der Waals surface area contributed by atoms with Gasteiger partial charge in [0, 0.05) is 25.0 Å². The van der Waals surface area contributed by atoms with E-state index in [1.807, 2.05) is 4.68 Å². The highest BCUT2D eigenvalue weighted by Crippen LogP contribution is 2.15. The molecule has 0 aromatic carbocycles. The fourth-order valence-electron chi connectivity index (χ4n) is 2.55. The third kappa shape index (κ3) is 4.09. The van der Waals surface area contributed by atoms with Gasteiger partial charge in [-0.25, -0.2) is 9.97 Å². The molecule has 6 nitrogen and oxygen atoms in total. The molecule has 1 aliphatic rings. The van der Waals surface area contributed by atoms with Crippen LogP contribution >= 0.6 is 11.3 Å². The van der Waals surface area contributed by atoms with E-state index in [1.54, 1.807) is 24.0 Å². The van der Waals surface area contributed by atoms with Gasteiger partial charge in [-0.15, -0.1) is 11.3 Å². The predicted octanol–water partition coefficient (Wildman–Crippen LogP) is 1.59. The summed E-state index contributed by atoms with van der Waals surface area (Å²) in [6.45, 7) is 6.52. The van der Waals surface area contributed by atoms with Crippen LogP contribution in [-0.4, -0.2) is 50.4 Å². The first kappa shape index (κ1) is 14.6. The van der Waals surface area contributed by atoms with Gasteiger partial charge in [-0.1, -0.05) is 6.92 Å². The van der Waals surface area contributed by atoms with Crippen LogP contribution in [0, 0.1) is 0 Å². The lowest BCUT2D eigenvalue weighted by Gasteiger charge is -2.32. The lowest BCUT2D eigenvalue weighted by atomic mass is 10.2. The highest BCUT2D eigenvalue weighted by Gasteiger charge is 2.21. The highest BCUT2D eigenvalue weighted by molar-refractivity contribution is 7.09. The number of nitrogens with zero attached hydrogens (tertiary/aromatic N) is 5. The minimum Gasteiger partial charge on any atom is -0.374 e. The molecule has 0 radical (unpaired) electrons. The molecule has 2 aromatic rings. The zero-order chi connectivity index (χ0) is 14.5. The standard InChI is InChI=1S/C14H21N5OS/c1-2-3-14-17-12(9-21-14)6-18-4-5-20-13(7-18)8-19-11-15-10-16-19/h9-11,13H,2-8H2,1H3/t13-/m0/s1. The van der Waals surface area contributed by atoms with E-state index in [9.17, 15) is 0 Å². The smallest absolute Gasteiger partial charge is 0.137 e. The van der Waals surface area contributed by atoms with Crippen molar-refractivity contribution in [3.05, 3.63) is 28.7 Å². The van der Waals surface area contributed by atoms with Crippen molar-refractivity contribution in [1.29, 1.82) is 0 Å². The van der Waals surface area contributed by atoms with E-state index in [-0.39, 0.29) is 6.10 Å². The van der Waals surface area contributed by atoms with E-state index in [2.05, 4.69) is 27.3 Å². The maximum atomic E-state index is 5.81. The van der Waals surface area contributed by atoms with Gasteiger partial charge in [0.05, 0.1) is 30.0 Å². The van der Waals surface area contributed by atoms with Crippen molar-refractivity contribution in [2.45, 2.75) is 39.0 Å². The van der Waals surface area contributed by atoms with Gasteiger partial charge >= 0.3 is 0 Å². The third-order valence-corrected chi connectivity index (χ3v) is 4.49. The first-order chi connectivity index (χ1) is 10.3. The van der Waals surface area contributed by atoms with Crippen LogP contribution in [0.2, 0.25) is 0 Å². The van der Waals surface area contributed by atoms with Crippen LogP contribution in [0.3, 0.4) is 0 Å². The zero-order valence-corrected chi connectivity index (χ0v) is 13.1. The van der Waals surface area contributed by atoms with E-state index < -0.39 is 0 Å². The molecule has 0 amide bonds. The number of hydrogen-bond acceptors (Lipinski definition) is 6. The molecule has 0 saturated carbocycles. The van der Waals surface area contributed by atoms with E-state index in [0.717, 1.165) is 45.6 Å². The molecule has 3 rings (SSSR count). The van der Waals surface area contributed by atoms with Crippen LogP contribution in [0.25, 0.3) is 0 Å². The van der Waals surface area contributed by atoms with Crippen molar-refractivity contribution < 1.29 is 4.74 Å². The molecule has 1 saturated heterocycles. The van der Waals surface area contributed by atoms with Crippen LogP contribution < -0.4 is 0 Å². The zero-order valence-electron chi connectivity index (χ0n) is 12.3. The monoisotopic (exact) mass is 307 g/mol. The Balaban J connectivity index is 1.53. The van der Waals surface area contributed by atoms with E-state index in [0.29, 0.717) is 0 Å². The van der Waals surface area contributed by atoms with Crippen LogP contribution in [0.1, 0.15) is 24.0 Å². The summed E-state index contributed by atoms with van der Waals surface area (Å²) in [4.78, 5) is 11.1.